The lowest BCUT2D eigenvalue weighted by Gasteiger charge is -2.20. The summed E-state index contributed by atoms with van der Waals surface area (Å²) in [6.07, 6.45) is 1.43. The first-order chi connectivity index (χ1) is 13.3. The predicted molar refractivity (Wildman–Crippen MR) is 120 cm³/mol. The van der Waals surface area contributed by atoms with Crippen molar-refractivity contribution in [2.24, 2.45) is 0 Å². The number of benzene rings is 2. The van der Waals surface area contributed by atoms with Gasteiger partial charge < -0.3 is 15.4 Å². The van der Waals surface area contributed by atoms with E-state index in [4.69, 9.17) is 16.3 Å². The van der Waals surface area contributed by atoms with Gasteiger partial charge in [-0.2, -0.15) is 0 Å². The molecule has 0 aliphatic rings. The largest absolute Gasteiger partial charge is 0.492 e. The van der Waals surface area contributed by atoms with Crippen molar-refractivity contribution in [2.75, 3.05) is 19.7 Å². The van der Waals surface area contributed by atoms with E-state index < -0.39 is 0 Å². The smallest absolute Gasteiger partial charge is 0.314 e. The minimum absolute atomic E-state index is 0.101. The van der Waals surface area contributed by atoms with Crippen LogP contribution in [0.4, 0.5) is 4.79 Å². The third-order valence-corrected chi connectivity index (χ3v) is 5.29. The van der Waals surface area contributed by atoms with Gasteiger partial charge in [0.2, 0.25) is 0 Å². The van der Waals surface area contributed by atoms with Crippen molar-refractivity contribution < 1.29 is 9.53 Å². The van der Waals surface area contributed by atoms with E-state index in [9.17, 15) is 4.79 Å². The van der Waals surface area contributed by atoms with Crippen molar-refractivity contribution in [1.82, 2.24) is 10.6 Å². The lowest BCUT2D eigenvalue weighted by molar-refractivity contribution is 0.239. The third kappa shape index (κ3) is 7.36. The van der Waals surface area contributed by atoms with E-state index >= 15 is 0 Å². The van der Waals surface area contributed by atoms with Crippen LogP contribution in [0.1, 0.15) is 38.3 Å². The van der Waals surface area contributed by atoms with Gasteiger partial charge in [0.05, 0.1) is 11.1 Å². The first kappa shape index (κ1) is 22.6. The highest BCUT2D eigenvalue weighted by Crippen LogP contribution is 2.31. The molecule has 0 heterocycles. The molecule has 2 aromatic rings. The number of halogens is 2. The quantitative estimate of drug-likeness (QED) is 0.488. The van der Waals surface area contributed by atoms with Crippen LogP contribution >= 0.6 is 27.5 Å². The second kappa shape index (κ2) is 10.7. The van der Waals surface area contributed by atoms with Crippen LogP contribution in [-0.4, -0.2) is 25.7 Å². The molecule has 0 atom stereocenters. The molecule has 2 amide bonds. The van der Waals surface area contributed by atoms with Crippen LogP contribution in [-0.2, 0) is 11.8 Å². The molecule has 0 aromatic heterocycles. The maximum absolute atomic E-state index is 11.8. The summed E-state index contributed by atoms with van der Waals surface area (Å²) < 4.78 is 6.75. The number of ether oxygens (including phenoxy) is 1. The van der Waals surface area contributed by atoms with Crippen LogP contribution in [0.15, 0.2) is 46.9 Å². The number of nitrogens with one attached hydrogen (secondary N) is 2. The topological polar surface area (TPSA) is 50.4 Å². The van der Waals surface area contributed by atoms with Gasteiger partial charge in [-0.05, 0) is 63.5 Å². The lowest BCUT2D eigenvalue weighted by Crippen LogP contribution is -2.37. The minimum atomic E-state index is -0.178. The van der Waals surface area contributed by atoms with Crippen LogP contribution in [0, 0.1) is 0 Å². The highest BCUT2D eigenvalue weighted by molar-refractivity contribution is 9.10. The second-order valence-corrected chi connectivity index (χ2v) is 8.88. The van der Waals surface area contributed by atoms with Crippen LogP contribution in [0.2, 0.25) is 5.02 Å². The Kier molecular flexibility index (Phi) is 8.64. The predicted octanol–water partition coefficient (Wildman–Crippen LogP) is 5.71. The summed E-state index contributed by atoms with van der Waals surface area (Å²) in [7, 11) is 0. The molecule has 152 valence electrons. The van der Waals surface area contributed by atoms with Gasteiger partial charge in [0.1, 0.15) is 5.75 Å². The Balaban J connectivity index is 1.62. The van der Waals surface area contributed by atoms with E-state index in [-0.39, 0.29) is 11.4 Å². The average molecular weight is 468 g/mol. The summed E-state index contributed by atoms with van der Waals surface area (Å²) in [5, 5.41) is 6.40. The monoisotopic (exact) mass is 466 g/mol. The van der Waals surface area contributed by atoms with Gasteiger partial charge in [-0.15, -0.1) is 0 Å². The van der Waals surface area contributed by atoms with Crippen LogP contribution in [0.5, 0.6) is 5.75 Å². The van der Waals surface area contributed by atoms with Crippen LogP contribution in [0.25, 0.3) is 0 Å². The Hall–Kier alpha value is -1.72. The zero-order valence-corrected chi connectivity index (χ0v) is 19.0. The molecule has 0 aliphatic heterocycles. The van der Waals surface area contributed by atoms with Gasteiger partial charge in [-0.3, -0.25) is 0 Å². The summed E-state index contributed by atoms with van der Waals surface area (Å²) >= 11 is 9.68. The number of hydrogen-bond acceptors (Lipinski definition) is 2. The van der Waals surface area contributed by atoms with Gasteiger partial charge in [-0.25, -0.2) is 4.79 Å². The molecule has 0 saturated carbocycles. The number of carbonyl (C=O) groups excluding carboxylic acids is 1. The Morgan fingerprint density at radius 2 is 1.82 bits per heavy atom. The number of rotatable bonds is 8. The molecule has 0 radical (unpaired) electrons. The lowest BCUT2D eigenvalue weighted by atomic mass is 9.87. The molecule has 2 N–H and O–H groups in total. The van der Waals surface area contributed by atoms with E-state index in [0.717, 1.165) is 27.2 Å². The van der Waals surface area contributed by atoms with E-state index in [1.165, 1.54) is 5.56 Å². The molecule has 0 fully saturated rings. The van der Waals surface area contributed by atoms with Crippen molar-refractivity contribution in [3.8, 4) is 5.75 Å². The van der Waals surface area contributed by atoms with Crippen LogP contribution < -0.4 is 15.4 Å². The molecule has 2 rings (SSSR count). The molecule has 0 unspecified atom stereocenters. The van der Waals surface area contributed by atoms with Crippen molar-refractivity contribution in [3.05, 3.63) is 63.1 Å². The molecule has 0 saturated heterocycles. The van der Waals surface area contributed by atoms with Gasteiger partial charge in [0.25, 0.3) is 0 Å². The SMILES string of the molecule is CC(C)(C)c1ccc(OCCCNC(=O)NCCc2ccccc2Cl)c(Br)c1. The van der Waals surface area contributed by atoms with Crippen LogP contribution in [0.3, 0.4) is 0 Å². The number of urea groups is 1. The third-order valence-electron chi connectivity index (χ3n) is 4.30. The molecule has 4 nitrogen and oxygen atoms in total. The van der Waals surface area contributed by atoms with E-state index in [1.807, 2.05) is 30.3 Å². The molecule has 0 bridgehead atoms. The standard InChI is InChI=1S/C22H28BrClN2O2/c1-22(2,3)17-9-10-20(18(23)15-17)28-14-6-12-25-21(27)26-13-11-16-7-4-5-8-19(16)24/h4-5,7-10,15H,6,11-14H2,1-3H3,(H2,25,26,27). The van der Waals surface area contributed by atoms with Crippen molar-refractivity contribution in [2.45, 2.75) is 39.0 Å². The summed E-state index contributed by atoms with van der Waals surface area (Å²) in [6.45, 7) is 8.17. The first-order valence-electron chi connectivity index (χ1n) is 9.45. The Morgan fingerprint density at radius 1 is 1.11 bits per heavy atom. The molecule has 28 heavy (non-hydrogen) atoms. The summed E-state index contributed by atoms with van der Waals surface area (Å²) in [4.78, 5) is 11.8. The second-order valence-electron chi connectivity index (χ2n) is 7.62. The summed E-state index contributed by atoms with van der Waals surface area (Å²) in [5.74, 6) is 0.817. The highest BCUT2D eigenvalue weighted by atomic mass is 79.9. The fraction of sp³-hybridized carbons (Fsp3) is 0.409. The number of carbonyl (C=O) groups is 1. The number of amides is 2. The molecular weight excluding hydrogens is 440 g/mol. The molecule has 6 heteroatoms. The average Bonchev–Trinajstić information content (AvgIpc) is 2.63. The van der Waals surface area contributed by atoms with Crippen molar-refractivity contribution in [3.63, 3.8) is 0 Å². The molecule has 0 spiro atoms. The highest BCUT2D eigenvalue weighted by Gasteiger charge is 2.15. The Labute approximate surface area is 181 Å². The fourth-order valence-electron chi connectivity index (χ4n) is 2.61. The normalized spacial score (nSPS) is 11.2. The fourth-order valence-corrected chi connectivity index (χ4v) is 3.34. The summed E-state index contributed by atoms with van der Waals surface area (Å²) in [5.41, 5.74) is 2.38. The van der Waals surface area contributed by atoms with E-state index in [2.05, 4.69) is 59.5 Å². The van der Waals surface area contributed by atoms with E-state index in [1.54, 1.807) is 0 Å². The zero-order valence-electron chi connectivity index (χ0n) is 16.6. The van der Waals surface area contributed by atoms with Gasteiger partial charge in [-0.1, -0.05) is 56.6 Å². The van der Waals surface area contributed by atoms with Gasteiger partial charge in [0, 0.05) is 18.1 Å². The maximum atomic E-state index is 11.8. The van der Waals surface area contributed by atoms with E-state index in [0.29, 0.717) is 26.1 Å². The van der Waals surface area contributed by atoms with Crippen molar-refractivity contribution in [1.29, 1.82) is 0 Å². The first-order valence-corrected chi connectivity index (χ1v) is 10.6. The molecule has 2 aromatic carbocycles. The minimum Gasteiger partial charge on any atom is -0.492 e. The molecular formula is C22H28BrClN2O2. The van der Waals surface area contributed by atoms with Gasteiger partial charge >= 0.3 is 6.03 Å². The van der Waals surface area contributed by atoms with Gasteiger partial charge in [0.15, 0.2) is 0 Å². The Bertz CT molecular complexity index is 790. The number of hydrogen-bond donors (Lipinski definition) is 2. The maximum Gasteiger partial charge on any atom is 0.314 e. The molecule has 0 aliphatic carbocycles. The summed E-state index contributed by atoms with van der Waals surface area (Å²) in [6, 6.07) is 13.6. The van der Waals surface area contributed by atoms with Crippen molar-refractivity contribution >= 4 is 33.6 Å². The Morgan fingerprint density at radius 3 is 2.50 bits per heavy atom. The zero-order chi connectivity index (χ0) is 20.6.